The highest BCUT2D eigenvalue weighted by Crippen LogP contribution is 2.32. The number of amides is 1. The number of rotatable bonds is 6. The van der Waals surface area contributed by atoms with Crippen LogP contribution in [0.2, 0.25) is 0 Å². The van der Waals surface area contributed by atoms with Gasteiger partial charge in [0.1, 0.15) is 23.1 Å². The summed E-state index contributed by atoms with van der Waals surface area (Å²) in [6.45, 7) is 2.17. The van der Waals surface area contributed by atoms with Gasteiger partial charge in [0.05, 0.1) is 13.2 Å². The average molecular weight is 434 g/mol. The van der Waals surface area contributed by atoms with Crippen LogP contribution in [0.1, 0.15) is 12.5 Å². The van der Waals surface area contributed by atoms with Gasteiger partial charge in [-0.05, 0) is 55.0 Å². The summed E-state index contributed by atoms with van der Waals surface area (Å²) in [5.74, 6) is -0.364. The fourth-order valence-electron chi connectivity index (χ4n) is 3.27. The molecule has 0 bridgehead atoms. The molecule has 4 rings (SSSR count). The third kappa shape index (κ3) is 4.80. The maximum Gasteiger partial charge on any atom is 0.412 e. The highest BCUT2D eigenvalue weighted by molar-refractivity contribution is 5.86. The minimum Gasteiger partial charge on any atom is -0.450 e. The molecule has 0 saturated carbocycles. The normalized spacial score (nSPS) is 10.7. The zero-order valence-electron chi connectivity index (χ0n) is 17.3. The Balaban J connectivity index is 1.74. The fraction of sp³-hybridized carbons (Fsp3) is 0.125. The largest absolute Gasteiger partial charge is 0.450 e. The van der Waals surface area contributed by atoms with E-state index in [-0.39, 0.29) is 24.8 Å². The summed E-state index contributed by atoms with van der Waals surface area (Å²) in [4.78, 5) is 15.9. The van der Waals surface area contributed by atoms with Crippen LogP contribution in [0.3, 0.4) is 0 Å². The molecule has 0 aliphatic heterocycles. The van der Waals surface area contributed by atoms with E-state index in [0.29, 0.717) is 22.6 Å². The minimum absolute atomic E-state index is 0.222. The first kappa shape index (κ1) is 21.2. The van der Waals surface area contributed by atoms with Crippen LogP contribution in [0.4, 0.5) is 19.4 Å². The van der Waals surface area contributed by atoms with E-state index < -0.39 is 6.09 Å². The average Bonchev–Trinajstić information content (AvgIpc) is 3.20. The summed E-state index contributed by atoms with van der Waals surface area (Å²) >= 11 is 0. The maximum atomic E-state index is 14.2. The summed E-state index contributed by atoms with van der Waals surface area (Å²) in [5, 5.41) is 7.21. The van der Waals surface area contributed by atoms with E-state index in [4.69, 9.17) is 4.74 Å². The molecule has 4 aromatic rings. The van der Waals surface area contributed by atoms with Crippen molar-refractivity contribution in [3.05, 3.63) is 90.3 Å². The Bertz CT molecular complexity index is 1240. The van der Waals surface area contributed by atoms with Gasteiger partial charge in [0.25, 0.3) is 0 Å². The van der Waals surface area contributed by atoms with Crippen molar-refractivity contribution in [3.8, 4) is 22.4 Å². The predicted molar refractivity (Wildman–Crippen MR) is 117 cm³/mol. The summed E-state index contributed by atoms with van der Waals surface area (Å²) in [6, 6.07) is 15.9. The molecule has 0 unspecified atom stereocenters. The number of nitrogens with zero attached hydrogens (tertiary/aromatic N) is 3. The van der Waals surface area contributed by atoms with Crippen LogP contribution in [-0.2, 0) is 11.3 Å². The van der Waals surface area contributed by atoms with Crippen molar-refractivity contribution in [2.24, 2.45) is 0 Å². The molecule has 8 heteroatoms. The number of aromatic nitrogens is 3. The van der Waals surface area contributed by atoms with Crippen molar-refractivity contribution in [1.29, 1.82) is 0 Å². The highest BCUT2D eigenvalue weighted by atomic mass is 19.1. The van der Waals surface area contributed by atoms with E-state index in [1.165, 1.54) is 18.2 Å². The summed E-state index contributed by atoms with van der Waals surface area (Å²) in [7, 11) is 0. The van der Waals surface area contributed by atoms with Gasteiger partial charge in [-0.2, -0.15) is 5.10 Å². The Morgan fingerprint density at radius 3 is 2.59 bits per heavy atom. The number of carbonyl (C=O) groups excluding carboxylic acids is 1. The number of benzene rings is 2. The Labute approximate surface area is 183 Å². The maximum absolute atomic E-state index is 14.2. The molecule has 32 heavy (non-hydrogen) atoms. The molecule has 0 aliphatic carbocycles. The Kier molecular flexibility index (Phi) is 6.21. The van der Waals surface area contributed by atoms with Gasteiger partial charge in [-0.3, -0.25) is 10.00 Å². The smallest absolute Gasteiger partial charge is 0.412 e. The number of ether oxygens (including phenoxy) is 1. The second kappa shape index (κ2) is 9.38. The number of nitrogens with one attached hydrogen (secondary N) is 1. The number of hydrogen-bond acceptors (Lipinski definition) is 4. The van der Waals surface area contributed by atoms with Crippen molar-refractivity contribution < 1.29 is 18.3 Å². The molecule has 0 atom stereocenters. The monoisotopic (exact) mass is 434 g/mol. The van der Waals surface area contributed by atoms with Crippen molar-refractivity contribution in [2.75, 3.05) is 11.9 Å². The molecule has 1 N–H and O–H groups in total. The molecule has 0 saturated heterocycles. The molecular weight excluding hydrogens is 414 g/mol. The molecule has 0 spiro atoms. The van der Waals surface area contributed by atoms with Crippen molar-refractivity contribution >= 4 is 11.9 Å². The predicted octanol–water partition coefficient (Wildman–Crippen LogP) is 5.51. The number of pyridine rings is 1. The van der Waals surface area contributed by atoms with Crippen LogP contribution < -0.4 is 5.32 Å². The Hall–Kier alpha value is -4.07. The van der Waals surface area contributed by atoms with Crippen LogP contribution in [-0.4, -0.2) is 27.5 Å². The molecule has 2 aromatic heterocycles. The number of halogens is 2. The van der Waals surface area contributed by atoms with Crippen LogP contribution in [0.15, 0.2) is 73.1 Å². The first-order chi connectivity index (χ1) is 15.5. The van der Waals surface area contributed by atoms with Gasteiger partial charge in [0.2, 0.25) is 0 Å². The highest BCUT2D eigenvalue weighted by Gasteiger charge is 2.16. The lowest BCUT2D eigenvalue weighted by molar-refractivity contribution is 0.168. The van der Waals surface area contributed by atoms with Crippen LogP contribution in [0.25, 0.3) is 22.4 Å². The third-order valence-electron chi connectivity index (χ3n) is 4.75. The van der Waals surface area contributed by atoms with Gasteiger partial charge in [0.15, 0.2) is 0 Å². The molecule has 2 aromatic carbocycles. The third-order valence-corrected chi connectivity index (χ3v) is 4.75. The molecule has 162 valence electrons. The minimum atomic E-state index is -0.605. The lowest BCUT2D eigenvalue weighted by Gasteiger charge is -2.07. The van der Waals surface area contributed by atoms with E-state index in [1.807, 2.05) is 0 Å². The number of anilines is 1. The van der Waals surface area contributed by atoms with E-state index in [0.717, 1.165) is 11.1 Å². The summed E-state index contributed by atoms with van der Waals surface area (Å²) < 4.78 is 34.2. The van der Waals surface area contributed by atoms with Gasteiger partial charge in [-0.25, -0.2) is 18.6 Å². The van der Waals surface area contributed by atoms with Crippen LogP contribution >= 0.6 is 0 Å². The standard InChI is InChI=1S/C24H20F2N4O2/c1-2-32-24(31)28-22-13-17(11-12-27-22)20-15-30(14-18-5-3-4-6-21(18)26)29-23(20)16-7-9-19(25)10-8-16/h3-13,15H,2,14H2,1H3,(H,27,28,31). The molecule has 0 radical (unpaired) electrons. The van der Waals surface area contributed by atoms with Gasteiger partial charge in [-0.1, -0.05) is 18.2 Å². The van der Waals surface area contributed by atoms with E-state index >= 15 is 0 Å². The van der Waals surface area contributed by atoms with Crippen LogP contribution in [0, 0.1) is 11.6 Å². The lowest BCUT2D eigenvalue weighted by Crippen LogP contribution is -2.14. The van der Waals surface area contributed by atoms with Gasteiger partial charge in [0, 0.05) is 29.1 Å². The van der Waals surface area contributed by atoms with Gasteiger partial charge >= 0.3 is 6.09 Å². The van der Waals surface area contributed by atoms with Crippen LogP contribution in [0.5, 0.6) is 0 Å². The Morgan fingerprint density at radius 2 is 1.84 bits per heavy atom. The number of carbonyl (C=O) groups is 1. The molecule has 6 nitrogen and oxygen atoms in total. The second-order valence-electron chi connectivity index (χ2n) is 6.96. The topological polar surface area (TPSA) is 69.0 Å². The molecule has 0 fully saturated rings. The van der Waals surface area contributed by atoms with Crippen molar-refractivity contribution in [1.82, 2.24) is 14.8 Å². The Morgan fingerprint density at radius 1 is 1.06 bits per heavy atom. The van der Waals surface area contributed by atoms with E-state index in [1.54, 1.807) is 66.5 Å². The van der Waals surface area contributed by atoms with E-state index in [9.17, 15) is 13.6 Å². The lowest BCUT2D eigenvalue weighted by atomic mass is 10.0. The zero-order valence-corrected chi connectivity index (χ0v) is 17.3. The van der Waals surface area contributed by atoms with E-state index in [2.05, 4.69) is 15.4 Å². The van der Waals surface area contributed by atoms with Crippen molar-refractivity contribution in [2.45, 2.75) is 13.5 Å². The molecule has 1 amide bonds. The number of hydrogen-bond donors (Lipinski definition) is 1. The first-order valence-corrected chi connectivity index (χ1v) is 10.0. The van der Waals surface area contributed by atoms with Crippen molar-refractivity contribution in [3.63, 3.8) is 0 Å². The summed E-state index contributed by atoms with van der Waals surface area (Å²) in [5.41, 5.74) is 3.24. The SMILES string of the molecule is CCOC(=O)Nc1cc(-c2cn(Cc3ccccc3F)nc2-c2ccc(F)cc2)ccn1. The molecular formula is C24H20F2N4O2. The first-order valence-electron chi connectivity index (χ1n) is 10.0. The van der Waals surface area contributed by atoms with Gasteiger partial charge in [-0.15, -0.1) is 0 Å². The second-order valence-corrected chi connectivity index (χ2v) is 6.96. The quantitative estimate of drug-likeness (QED) is 0.435. The summed E-state index contributed by atoms with van der Waals surface area (Å²) in [6.07, 6.45) is 2.74. The molecule has 0 aliphatic rings. The zero-order chi connectivity index (χ0) is 22.5. The molecule has 2 heterocycles. The fourth-order valence-corrected chi connectivity index (χ4v) is 3.27. The van der Waals surface area contributed by atoms with Gasteiger partial charge < -0.3 is 4.74 Å².